The standard InChI is InChI=1S/C18H3Cl2F25O2S2/c19-4-1-2-6(5(21)3-4)48-17(42,43)15(38,39)13(34,35)11(30,31)9(26,27)7(22,23)8(24,25)10(28,29)12(32,33)14(36,37)16(40,41)18(44,45)49(20,46)47/h1-3H. The molecule has 1 rings (SSSR count). The van der Waals surface area contributed by atoms with E-state index in [1.165, 1.54) is 0 Å². The van der Waals surface area contributed by atoms with Gasteiger partial charge >= 0.3 is 78.8 Å². The van der Waals surface area contributed by atoms with E-state index < -0.39 is 106 Å². The van der Waals surface area contributed by atoms with Gasteiger partial charge < -0.3 is 0 Å². The lowest BCUT2D eigenvalue weighted by Gasteiger charge is -2.45. The molecular weight excluding hydrogens is 858 g/mol. The van der Waals surface area contributed by atoms with Crippen LogP contribution in [-0.4, -0.2) is 78.2 Å². The van der Waals surface area contributed by atoms with Crippen LogP contribution in [0.2, 0.25) is 5.02 Å². The SMILES string of the molecule is O=S(=O)(Cl)C(F)(F)C(F)(F)C(F)(F)C(F)(F)C(F)(F)C(F)(F)C(F)(F)C(F)(F)C(F)(F)C(F)(F)C(F)(F)C(F)(F)Sc1ccc(Cl)cc1F. The Kier molecular flexibility index (Phi) is 11.1. The highest BCUT2D eigenvalue weighted by Gasteiger charge is 3.00. The van der Waals surface area contributed by atoms with Crippen molar-refractivity contribution in [1.82, 2.24) is 0 Å². The number of alkyl halides is 24. The molecular formula is C18H3Cl2F25O2S2. The molecule has 288 valence electrons. The number of hydrogen-bond donors (Lipinski definition) is 0. The molecule has 0 N–H and O–H groups in total. The minimum absolute atomic E-state index is 0.0905. The van der Waals surface area contributed by atoms with E-state index in [-0.39, 0.29) is 18.2 Å². The van der Waals surface area contributed by atoms with Gasteiger partial charge in [-0.3, -0.25) is 0 Å². The van der Waals surface area contributed by atoms with Gasteiger partial charge in [-0.1, -0.05) is 11.6 Å². The van der Waals surface area contributed by atoms with Crippen LogP contribution in [0.15, 0.2) is 23.1 Å². The Morgan fingerprint density at radius 3 is 1.00 bits per heavy atom. The molecule has 0 aliphatic carbocycles. The Morgan fingerprint density at radius 1 is 0.469 bits per heavy atom. The summed E-state index contributed by atoms with van der Waals surface area (Å²) in [6.45, 7) is 0. The summed E-state index contributed by atoms with van der Waals surface area (Å²) in [5.41, 5.74) is 0. The predicted molar refractivity (Wildman–Crippen MR) is 111 cm³/mol. The summed E-state index contributed by atoms with van der Waals surface area (Å²) in [7, 11) is -4.25. The predicted octanol–water partition coefficient (Wildman–Crippen LogP) is 10.7. The zero-order valence-electron chi connectivity index (χ0n) is 21.1. The van der Waals surface area contributed by atoms with Crippen LogP contribution in [0.25, 0.3) is 0 Å². The molecule has 0 fully saturated rings. The molecule has 1 aromatic rings. The van der Waals surface area contributed by atoms with Gasteiger partial charge in [-0.2, -0.15) is 105 Å². The van der Waals surface area contributed by atoms with Crippen LogP contribution >= 0.6 is 34.0 Å². The first-order valence-electron chi connectivity index (χ1n) is 10.5. The van der Waals surface area contributed by atoms with Gasteiger partial charge in [-0.25, -0.2) is 12.8 Å². The lowest BCUT2D eigenvalue weighted by molar-refractivity contribution is -0.475. The fourth-order valence-corrected chi connectivity index (χ4v) is 4.57. The molecule has 0 bridgehead atoms. The quantitative estimate of drug-likeness (QED) is 0.106. The lowest BCUT2D eigenvalue weighted by atomic mass is 9.85. The van der Waals surface area contributed by atoms with Gasteiger partial charge in [0, 0.05) is 20.6 Å². The van der Waals surface area contributed by atoms with Crippen LogP contribution in [0.5, 0.6) is 0 Å². The Morgan fingerprint density at radius 2 is 0.735 bits per heavy atom. The molecule has 0 atom stereocenters. The smallest absolute Gasteiger partial charge is 0.206 e. The first kappa shape index (κ1) is 45.4. The van der Waals surface area contributed by atoms with Gasteiger partial charge in [0.1, 0.15) is 5.82 Å². The Labute approximate surface area is 265 Å². The van der Waals surface area contributed by atoms with Gasteiger partial charge in [0.15, 0.2) is 0 Å². The average molecular weight is 861 g/mol. The van der Waals surface area contributed by atoms with Gasteiger partial charge in [0.05, 0.1) is 0 Å². The molecule has 0 aliphatic rings. The summed E-state index contributed by atoms with van der Waals surface area (Å²) in [5.74, 6) is -95.3. The molecule has 0 amide bonds. The van der Waals surface area contributed by atoms with Gasteiger partial charge in [-0.15, -0.1) is 0 Å². The Bertz CT molecular complexity index is 1520. The minimum atomic E-state index is -9.74. The van der Waals surface area contributed by atoms with Crippen molar-refractivity contribution in [2.75, 3.05) is 0 Å². The van der Waals surface area contributed by atoms with Crippen LogP contribution in [0.3, 0.4) is 0 Å². The number of halogens is 27. The molecule has 0 saturated carbocycles. The van der Waals surface area contributed by atoms with Crippen molar-refractivity contribution in [1.29, 1.82) is 0 Å². The third-order valence-electron chi connectivity index (χ3n) is 5.72. The number of benzene rings is 1. The van der Waals surface area contributed by atoms with Crippen LogP contribution in [0.1, 0.15) is 0 Å². The second kappa shape index (κ2) is 11.9. The van der Waals surface area contributed by atoms with Gasteiger partial charge in [0.25, 0.3) is 0 Å². The molecule has 0 unspecified atom stereocenters. The van der Waals surface area contributed by atoms with E-state index >= 15 is 0 Å². The normalized spacial score (nSPS) is 16.3. The first-order valence-corrected chi connectivity index (χ1v) is 14.0. The molecule has 2 nitrogen and oxygen atoms in total. The first-order chi connectivity index (χ1) is 20.9. The molecule has 0 spiro atoms. The maximum absolute atomic E-state index is 14.0. The summed E-state index contributed by atoms with van der Waals surface area (Å²) in [4.78, 5) is -2.02. The average Bonchev–Trinajstić information content (AvgIpc) is 2.88. The Hall–Kier alpha value is -1.65. The van der Waals surface area contributed by atoms with E-state index in [1.807, 2.05) is 0 Å². The molecule has 0 aliphatic heterocycles. The Balaban J connectivity index is 3.91. The van der Waals surface area contributed by atoms with E-state index in [2.05, 4.69) is 10.7 Å². The fourth-order valence-electron chi connectivity index (χ4n) is 2.86. The molecule has 0 aromatic heterocycles. The van der Waals surface area contributed by atoms with Crippen molar-refractivity contribution in [3.8, 4) is 0 Å². The van der Waals surface area contributed by atoms with E-state index in [4.69, 9.17) is 11.6 Å². The summed E-state index contributed by atoms with van der Waals surface area (Å²) in [6.07, 6.45) is 0. The lowest BCUT2D eigenvalue weighted by Crippen LogP contribution is -2.78. The monoisotopic (exact) mass is 860 g/mol. The summed E-state index contributed by atoms with van der Waals surface area (Å²) in [5, 5.41) is -16.0. The van der Waals surface area contributed by atoms with Crippen molar-refractivity contribution >= 4 is 43.1 Å². The highest BCUT2D eigenvalue weighted by molar-refractivity contribution is 8.14. The fraction of sp³-hybridized carbons (Fsp3) is 0.667. The van der Waals surface area contributed by atoms with E-state index in [9.17, 15) is 118 Å². The third-order valence-corrected chi connectivity index (χ3v) is 8.47. The second-order valence-electron chi connectivity index (χ2n) is 8.89. The number of rotatable bonds is 14. The van der Waals surface area contributed by atoms with Crippen LogP contribution in [-0.2, 0) is 9.05 Å². The van der Waals surface area contributed by atoms with E-state index in [0.717, 1.165) is 0 Å². The molecule has 0 heterocycles. The zero-order chi connectivity index (χ0) is 40.1. The van der Waals surface area contributed by atoms with Crippen molar-refractivity contribution in [2.45, 2.75) is 74.6 Å². The van der Waals surface area contributed by atoms with Crippen molar-refractivity contribution in [2.24, 2.45) is 0 Å². The number of hydrogen-bond acceptors (Lipinski definition) is 3. The number of thioether (sulfide) groups is 1. The van der Waals surface area contributed by atoms with E-state index in [0.29, 0.717) is 0 Å². The largest absolute Gasteiger partial charge is 0.427 e. The highest BCUT2D eigenvalue weighted by atomic mass is 35.7. The summed E-state index contributed by atoms with van der Waals surface area (Å²) < 4.78 is 366. The third kappa shape index (κ3) is 5.90. The summed E-state index contributed by atoms with van der Waals surface area (Å²) >= 11 is 2.80. The maximum Gasteiger partial charge on any atom is 0.427 e. The van der Waals surface area contributed by atoms with Crippen molar-refractivity contribution in [3.63, 3.8) is 0 Å². The van der Waals surface area contributed by atoms with Crippen LogP contribution in [0, 0.1) is 5.82 Å². The van der Waals surface area contributed by atoms with Crippen molar-refractivity contribution in [3.05, 3.63) is 29.0 Å². The maximum atomic E-state index is 14.0. The molecule has 0 saturated heterocycles. The zero-order valence-corrected chi connectivity index (χ0v) is 24.2. The minimum Gasteiger partial charge on any atom is -0.206 e. The second-order valence-corrected chi connectivity index (χ2v) is 13.1. The summed E-state index contributed by atoms with van der Waals surface area (Å²) in [6, 6.07) is 0.0501. The van der Waals surface area contributed by atoms with Gasteiger partial charge in [0.2, 0.25) is 0 Å². The molecule has 49 heavy (non-hydrogen) atoms. The van der Waals surface area contributed by atoms with Crippen LogP contribution < -0.4 is 0 Å². The highest BCUT2D eigenvalue weighted by Crippen LogP contribution is 2.68. The molecule has 0 radical (unpaired) electrons. The van der Waals surface area contributed by atoms with Crippen LogP contribution in [0.4, 0.5) is 110 Å². The van der Waals surface area contributed by atoms with E-state index in [1.54, 1.807) is 0 Å². The topological polar surface area (TPSA) is 34.1 Å². The van der Waals surface area contributed by atoms with Crippen molar-refractivity contribution < 1.29 is 118 Å². The molecule has 1 aromatic carbocycles. The molecule has 31 heteroatoms. The van der Waals surface area contributed by atoms with Gasteiger partial charge in [-0.05, 0) is 30.0 Å².